The molecule has 2 aromatic rings. The Bertz CT molecular complexity index is 760. The average Bonchev–Trinajstić information content (AvgIpc) is 3.06. The quantitative estimate of drug-likeness (QED) is 0.775. The number of aromatic nitrogens is 1. The van der Waals surface area contributed by atoms with Crippen molar-refractivity contribution < 1.29 is 9.59 Å². The van der Waals surface area contributed by atoms with Gasteiger partial charge in [0.05, 0.1) is 0 Å². The predicted octanol–water partition coefficient (Wildman–Crippen LogP) is 1.94. The molecule has 25 heavy (non-hydrogen) atoms. The first kappa shape index (κ1) is 17.5. The molecule has 1 aliphatic heterocycles. The molecule has 6 nitrogen and oxygen atoms in total. The van der Waals surface area contributed by atoms with Crippen LogP contribution in [0.2, 0.25) is 0 Å². The molecule has 1 aliphatic rings. The third kappa shape index (κ3) is 4.02. The van der Waals surface area contributed by atoms with E-state index >= 15 is 0 Å². The van der Waals surface area contributed by atoms with Crippen molar-refractivity contribution in [1.29, 1.82) is 0 Å². The Kier molecular flexibility index (Phi) is 5.38. The third-order valence-electron chi connectivity index (χ3n) is 4.89. The molecule has 1 aromatic heterocycles. The van der Waals surface area contributed by atoms with E-state index in [1.165, 1.54) is 0 Å². The summed E-state index contributed by atoms with van der Waals surface area (Å²) in [6, 6.07) is 8.02. The van der Waals surface area contributed by atoms with E-state index in [0.717, 1.165) is 35.7 Å². The van der Waals surface area contributed by atoms with E-state index in [2.05, 4.69) is 10.3 Å². The topological polar surface area (TPSA) is 91.2 Å². The number of para-hydroxylation sites is 1. The summed E-state index contributed by atoms with van der Waals surface area (Å²) in [5.74, 6) is 0.0878. The molecule has 0 bridgehead atoms. The number of hydrogen-bond donors (Lipinski definition) is 3. The number of hydrogen-bond acceptors (Lipinski definition) is 3. The summed E-state index contributed by atoms with van der Waals surface area (Å²) in [6.07, 6.45) is 2.83. The lowest BCUT2D eigenvalue weighted by atomic mass is 10.0. The average molecular weight is 342 g/mol. The number of fused-ring (bicyclic) bond motifs is 1. The van der Waals surface area contributed by atoms with Crippen LogP contribution in [0, 0.1) is 6.92 Å². The lowest BCUT2D eigenvalue weighted by Crippen LogP contribution is -2.46. The van der Waals surface area contributed by atoms with Crippen LogP contribution < -0.4 is 11.1 Å². The zero-order valence-electron chi connectivity index (χ0n) is 14.7. The van der Waals surface area contributed by atoms with Crippen LogP contribution in [0.4, 0.5) is 0 Å². The first-order valence-electron chi connectivity index (χ1n) is 8.95. The van der Waals surface area contributed by atoms with Crippen molar-refractivity contribution in [2.45, 2.75) is 38.6 Å². The van der Waals surface area contributed by atoms with Gasteiger partial charge in [-0.05, 0) is 44.4 Å². The van der Waals surface area contributed by atoms with Crippen LogP contribution in [0.3, 0.4) is 0 Å². The number of nitrogens with two attached hydrogens (primary N) is 1. The van der Waals surface area contributed by atoms with Gasteiger partial charge in [-0.2, -0.15) is 0 Å². The van der Waals surface area contributed by atoms with Gasteiger partial charge in [-0.15, -0.1) is 0 Å². The highest BCUT2D eigenvalue weighted by molar-refractivity contribution is 5.98. The number of carbonyl (C=O) groups is 2. The number of H-pyrrole nitrogens is 1. The van der Waals surface area contributed by atoms with Gasteiger partial charge in [0.15, 0.2) is 0 Å². The number of piperidine rings is 1. The molecule has 1 fully saturated rings. The van der Waals surface area contributed by atoms with Crippen molar-refractivity contribution in [2.24, 2.45) is 5.73 Å². The maximum Gasteiger partial charge on any atom is 0.267 e. The van der Waals surface area contributed by atoms with Gasteiger partial charge >= 0.3 is 0 Å². The Hall–Kier alpha value is -2.34. The summed E-state index contributed by atoms with van der Waals surface area (Å²) in [6.45, 7) is 3.96. The Balaban J connectivity index is 1.55. The molecule has 0 aliphatic carbocycles. The molecular formula is C19H26N4O2. The van der Waals surface area contributed by atoms with E-state index in [-0.39, 0.29) is 17.9 Å². The number of aromatic amines is 1. The first-order chi connectivity index (χ1) is 12.1. The minimum atomic E-state index is -0.0801. The molecule has 3 rings (SSSR count). The van der Waals surface area contributed by atoms with Gasteiger partial charge in [0.2, 0.25) is 5.91 Å². The molecule has 2 amide bonds. The molecule has 0 spiro atoms. The van der Waals surface area contributed by atoms with Gasteiger partial charge in [-0.3, -0.25) is 9.59 Å². The summed E-state index contributed by atoms with van der Waals surface area (Å²) in [4.78, 5) is 29.6. The molecular weight excluding hydrogens is 316 g/mol. The van der Waals surface area contributed by atoms with Crippen molar-refractivity contribution in [3.05, 3.63) is 35.5 Å². The minimum Gasteiger partial charge on any atom is -0.350 e. The highest BCUT2D eigenvalue weighted by Gasteiger charge is 2.24. The first-order valence-corrected chi connectivity index (χ1v) is 8.95. The van der Waals surface area contributed by atoms with E-state index in [0.29, 0.717) is 31.7 Å². The number of amides is 2. The number of aryl methyl sites for hydroxylation is 1. The Morgan fingerprint density at radius 1 is 1.32 bits per heavy atom. The number of nitrogens with one attached hydrogen (secondary N) is 2. The number of benzene rings is 1. The Morgan fingerprint density at radius 2 is 2.08 bits per heavy atom. The smallest absolute Gasteiger partial charge is 0.267 e. The minimum absolute atomic E-state index is 0.0801. The number of likely N-dealkylation sites (tertiary alicyclic amines) is 1. The van der Waals surface area contributed by atoms with Gasteiger partial charge in [0.25, 0.3) is 5.91 Å². The molecule has 0 atom stereocenters. The van der Waals surface area contributed by atoms with Gasteiger partial charge in [0.1, 0.15) is 5.69 Å². The second-order valence-electron chi connectivity index (χ2n) is 6.74. The SMILES string of the molecule is Cc1cccc2cc(C(=O)NC3CCN(C(=O)CCCN)CC3)[nH]c12. The van der Waals surface area contributed by atoms with Gasteiger partial charge in [-0.1, -0.05) is 18.2 Å². The fourth-order valence-electron chi connectivity index (χ4n) is 3.38. The van der Waals surface area contributed by atoms with E-state index in [1.54, 1.807) is 0 Å². The fraction of sp³-hybridized carbons (Fsp3) is 0.474. The van der Waals surface area contributed by atoms with Gasteiger partial charge in [0, 0.05) is 36.5 Å². The normalized spacial score (nSPS) is 15.5. The number of nitrogens with zero attached hydrogens (tertiary/aromatic N) is 1. The maximum atomic E-state index is 12.5. The fourth-order valence-corrected chi connectivity index (χ4v) is 3.38. The summed E-state index contributed by atoms with van der Waals surface area (Å²) in [5, 5.41) is 4.14. The summed E-state index contributed by atoms with van der Waals surface area (Å²) < 4.78 is 0. The zero-order chi connectivity index (χ0) is 17.8. The lowest BCUT2D eigenvalue weighted by Gasteiger charge is -2.32. The van der Waals surface area contributed by atoms with Crippen LogP contribution in [-0.2, 0) is 4.79 Å². The highest BCUT2D eigenvalue weighted by Crippen LogP contribution is 2.19. The van der Waals surface area contributed by atoms with Crippen molar-refractivity contribution >= 4 is 22.7 Å². The van der Waals surface area contributed by atoms with E-state index in [1.807, 2.05) is 36.1 Å². The van der Waals surface area contributed by atoms with Crippen LogP contribution in [0.15, 0.2) is 24.3 Å². The molecule has 0 radical (unpaired) electrons. The second kappa shape index (κ2) is 7.70. The van der Waals surface area contributed by atoms with E-state index < -0.39 is 0 Å². The Morgan fingerprint density at radius 3 is 2.76 bits per heavy atom. The molecule has 6 heteroatoms. The van der Waals surface area contributed by atoms with E-state index in [4.69, 9.17) is 5.73 Å². The van der Waals surface area contributed by atoms with Crippen LogP contribution in [0.1, 0.15) is 41.7 Å². The molecule has 2 heterocycles. The Labute approximate surface area is 147 Å². The summed E-state index contributed by atoms with van der Waals surface area (Å²) >= 11 is 0. The number of carbonyl (C=O) groups excluding carboxylic acids is 2. The largest absolute Gasteiger partial charge is 0.350 e. The summed E-state index contributed by atoms with van der Waals surface area (Å²) in [7, 11) is 0. The molecule has 4 N–H and O–H groups in total. The predicted molar refractivity (Wildman–Crippen MR) is 98.4 cm³/mol. The van der Waals surface area contributed by atoms with E-state index in [9.17, 15) is 9.59 Å². The lowest BCUT2D eigenvalue weighted by molar-refractivity contribution is -0.132. The second-order valence-corrected chi connectivity index (χ2v) is 6.74. The van der Waals surface area contributed by atoms with Crippen LogP contribution in [0.25, 0.3) is 10.9 Å². The zero-order valence-corrected chi connectivity index (χ0v) is 14.7. The monoisotopic (exact) mass is 342 g/mol. The summed E-state index contributed by atoms with van der Waals surface area (Å²) in [5.41, 5.74) is 8.18. The van der Waals surface area contributed by atoms with Crippen molar-refractivity contribution in [3.8, 4) is 0 Å². The number of rotatable bonds is 5. The van der Waals surface area contributed by atoms with Gasteiger partial charge in [-0.25, -0.2) is 0 Å². The van der Waals surface area contributed by atoms with Crippen LogP contribution >= 0.6 is 0 Å². The standard InChI is InChI=1S/C19H26N4O2/c1-13-4-2-5-14-12-16(22-18(13)14)19(25)21-15-7-10-23(11-8-15)17(24)6-3-9-20/h2,4-5,12,15,22H,3,6-11,20H2,1H3,(H,21,25). The van der Waals surface area contributed by atoms with Crippen molar-refractivity contribution in [2.75, 3.05) is 19.6 Å². The van der Waals surface area contributed by atoms with Crippen LogP contribution in [-0.4, -0.2) is 47.4 Å². The maximum absolute atomic E-state index is 12.5. The molecule has 0 saturated carbocycles. The van der Waals surface area contributed by atoms with Crippen molar-refractivity contribution in [3.63, 3.8) is 0 Å². The van der Waals surface area contributed by atoms with Gasteiger partial charge < -0.3 is 20.9 Å². The van der Waals surface area contributed by atoms with Crippen molar-refractivity contribution in [1.82, 2.24) is 15.2 Å². The highest BCUT2D eigenvalue weighted by atomic mass is 16.2. The molecule has 1 saturated heterocycles. The molecule has 1 aromatic carbocycles. The third-order valence-corrected chi connectivity index (χ3v) is 4.89. The molecule has 0 unspecified atom stereocenters. The molecule has 134 valence electrons. The van der Waals surface area contributed by atoms with Crippen LogP contribution in [0.5, 0.6) is 0 Å².